The second kappa shape index (κ2) is 10.1. The van der Waals surface area contributed by atoms with E-state index in [0.717, 1.165) is 28.0 Å². The van der Waals surface area contributed by atoms with Gasteiger partial charge in [-0.15, -0.1) is 0 Å². The SMILES string of the molecule is CCC(NC(=O)c1ccc(C)c(NS(=O)(=O)c2ccc(C)cc2)c1)c1ccc(OC)c(C)c1. The largest absolute Gasteiger partial charge is 0.496 e. The average Bonchev–Trinajstić information content (AvgIpc) is 2.78. The predicted octanol–water partition coefficient (Wildman–Crippen LogP) is 5.30. The quantitative estimate of drug-likeness (QED) is 0.472. The Balaban J connectivity index is 1.82. The van der Waals surface area contributed by atoms with Crippen molar-refractivity contribution in [3.8, 4) is 5.75 Å². The van der Waals surface area contributed by atoms with Gasteiger partial charge >= 0.3 is 0 Å². The number of carbonyl (C=O) groups excluding carboxylic acids is 1. The maximum Gasteiger partial charge on any atom is 0.261 e. The smallest absolute Gasteiger partial charge is 0.261 e. The Morgan fingerprint density at radius 1 is 0.939 bits per heavy atom. The molecule has 1 amide bonds. The Morgan fingerprint density at radius 3 is 2.24 bits per heavy atom. The summed E-state index contributed by atoms with van der Waals surface area (Å²) in [4.78, 5) is 13.2. The van der Waals surface area contributed by atoms with Gasteiger partial charge in [-0.2, -0.15) is 0 Å². The van der Waals surface area contributed by atoms with Crippen molar-refractivity contribution >= 4 is 21.6 Å². The van der Waals surface area contributed by atoms with Gasteiger partial charge in [-0.3, -0.25) is 9.52 Å². The molecule has 0 saturated carbocycles. The normalized spacial score (nSPS) is 12.2. The zero-order valence-corrected chi connectivity index (χ0v) is 20.4. The van der Waals surface area contributed by atoms with Crippen LogP contribution in [0.3, 0.4) is 0 Å². The highest BCUT2D eigenvalue weighted by atomic mass is 32.2. The number of methoxy groups -OCH3 is 1. The molecule has 2 N–H and O–H groups in total. The third kappa shape index (κ3) is 5.73. The Hall–Kier alpha value is -3.32. The summed E-state index contributed by atoms with van der Waals surface area (Å²) in [7, 11) is -2.14. The van der Waals surface area contributed by atoms with Gasteiger partial charge in [0.15, 0.2) is 0 Å². The molecule has 0 aliphatic heterocycles. The Bertz CT molecular complexity index is 1250. The highest BCUT2D eigenvalue weighted by Crippen LogP contribution is 2.26. The van der Waals surface area contributed by atoms with E-state index < -0.39 is 10.0 Å². The molecule has 3 aromatic carbocycles. The van der Waals surface area contributed by atoms with Crippen molar-refractivity contribution in [2.75, 3.05) is 11.8 Å². The zero-order chi connectivity index (χ0) is 24.2. The van der Waals surface area contributed by atoms with E-state index in [4.69, 9.17) is 4.74 Å². The molecule has 0 aliphatic rings. The van der Waals surface area contributed by atoms with Gasteiger partial charge in [0.2, 0.25) is 0 Å². The van der Waals surface area contributed by atoms with E-state index in [9.17, 15) is 13.2 Å². The van der Waals surface area contributed by atoms with Gasteiger partial charge in [-0.25, -0.2) is 8.42 Å². The molecule has 7 heteroatoms. The first kappa shape index (κ1) is 24.3. The van der Waals surface area contributed by atoms with Crippen LogP contribution in [-0.4, -0.2) is 21.4 Å². The topological polar surface area (TPSA) is 84.5 Å². The molecule has 3 aromatic rings. The first-order chi connectivity index (χ1) is 15.6. The summed E-state index contributed by atoms with van der Waals surface area (Å²) in [6.07, 6.45) is 0.705. The maximum atomic E-state index is 13.0. The van der Waals surface area contributed by atoms with Gasteiger partial charge in [0, 0.05) is 5.56 Å². The van der Waals surface area contributed by atoms with Gasteiger partial charge in [0.1, 0.15) is 5.75 Å². The van der Waals surface area contributed by atoms with Crippen LogP contribution in [0.25, 0.3) is 0 Å². The molecule has 0 spiro atoms. The minimum atomic E-state index is -3.77. The minimum absolute atomic E-state index is 0.170. The van der Waals surface area contributed by atoms with Gasteiger partial charge < -0.3 is 10.1 Å². The maximum absolute atomic E-state index is 13.0. The van der Waals surface area contributed by atoms with E-state index in [-0.39, 0.29) is 16.8 Å². The third-order valence-corrected chi connectivity index (χ3v) is 6.99. The number of rotatable bonds is 8. The summed E-state index contributed by atoms with van der Waals surface area (Å²) in [6, 6.07) is 17.3. The minimum Gasteiger partial charge on any atom is -0.496 e. The van der Waals surface area contributed by atoms with Crippen LogP contribution >= 0.6 is 0 Å². The molecule has 0 radical (unpaired) electrons. The first-order valence-corrected chi connectivity index (χ1v) is 12.3. The third-order valence-electron chi connectivity index (χ3n) is 5.61. The fourth-order valence-electron chi connectivity index (χ4n) is 3.58. The van der Waals surface area contributed by atoms with Crippen LogP contribution in [0.4, 0.5) is 5.69 Å². The summed E-state index contributed by atoms with van der Waals surface area (Å²) >= 11 is 0. The summed E-state index contributed by atoms with van der Waals surface area (Å²) in [5, 5.41) is 3.05. The Kier molecular flexibility index (Phi) is 7.43. The number of hydrogen-bond donors (Lipinski definition) is 2. The van der Waals surface area contributed by atoms with Crippen molar-refractivity contribution in [1.29, 1.82) is 0 Å². The number of anilines is 1. The van der Waals surface area contributed by atoms with Crippen molar-refractivity contribution < 1.29 is 17.9 Å². The molecular formula is C26H30N2O4S. The van der Waals surface area contributed by atoms with Crippen molar-refractivity contribution in [1.82, 2.24) is 5.32 Å². The lowest BCUT2D eigenvalue weighted by atomic mass is 10.0. The summed E-state index contributed by atoms with van der Waals surface area (Å²) in [6.45, 7) is 7.65. The average molecular weight is 467 g/mol. The van der Waals surface area contributed by atoms with Crippen molar-refractivity contribution in [3.63, 3.8) is 0 Å². The fraction of sp³-hybridized carbons (Fsp3) is 0.269. The van der Waals surface area contributed by atoms with Crippen LogP contribution in [0.1, 0.15) is 52.0 Å². The van der Waals surface area contributed by atoms with E-state index >= 15 is 0 Å². The van der Waals surface area contributed by atoms with Gasteiger partial charge in [-0.1, -0.05) is 42.8 Å². The van der Waals surface area contributed by atoms with Crippen LogP contribution < -0.4 is 14.8 Å². The number of benzene rings is 3. The van der Waals surface area contributed by atoms with Crippen LogP contribution in [0, 0.1) is 20.8 Å². The summed E-state index contributed by atoms with van der Waals surface area (Å²) in [5.74, 6) is 0.523. The lowest BCUT2D eigenvalue weighted by molar-refractivity contribution is 0.0935. The van der Waals surface area contributed by atoms with Crippen LogP contribution in [0.5, 0.6) is 5.75 Å². The number of amides is 1. The molecule has 1 atom stereocenters. The van der Waals surface area contributed by atoms with E-state index in [2.05, 4.69) is 10.0 Å². The van der Waals surface area contributed by atoms with E-state index in [1.54, 1.807) is 56.5 Å². The van der Waals surface area contributed by atoms with Crippen molar-refractivity contribution in [2.24, 2.45) is 0 Å². The molecule has 0 aliphatic carbocycles. The summed E-state index contributed by atoms with van der Waals surface area (Å²) < 4.78 is 33.6. The molecule has 0 fully saturated rings. The molecule has 0 bridgehead atoms. The van der Waals surface area contributed by atoms with Crippen molar-refractivity contribution in [3.05, 3.63) is 88.5 Å². The lowest BCUT2D eigenvalue weighted by Crippen LogP contribution is -2.28. The standard InChI is InChI=1S/C26H30N2O4S/c1-6-23(20-11-14-25(32-5)19(4)15-20)27-26(29)21-10-9-18(3)24(16-21)28-33(30,31)22-12-7-17(2)8-13-22/h7-16,23,28H,6H2,1-5H3,(H,27,29). The monoisotopic (exact) mass is 466 g/mol. The molecule has 174 valence electrons. The molecule has 0 heterocycles. The number of nitrogens with one attached hydrogen (secondary N) is 2. The highest BCUT2D eigenvalue weighted by molar-refractivity contribution is 7.92. The highest BCUT2D eigenvalue weighted by Gasteiger charge is 2.19. The van der Waals surface area contributed by atoms with Gasteiger partial charge in [-0.05, 0) is 74.2 Å². The lowest BCUT2D eigenvalue weighted by Gasteiger charge is -2.19. The Labute approximate surface area is 196 Å². The molecule has 3 rings (SSSR count). The van der Waals surface area contributed by atoms with Crippen LogP contribution in [0.15, 0.2) is 65.6 Å². The van der Waals surface area contributed by atoms with Crippen LogP contribution in [-0.2, 0) is 10.0 Å². The van der Waals surface area contributed by atoms with Crippen LogP contribution in [0.2, 0.25) is 0 Å². The molecule has 0 saturated heterocycles. The molecular weight excluding hydrogens is 436 g/mol. The van der Waals surface area contributed by atoms with Gasteiger partial charge in [0.05, 0.1) is 23.7 Å². The number of aryl methyl sites for hydroxylation is 3. The number of hydrogen-bond acceptors (Lipinski definition) is 4. The van der Waals surface area contributed by atoms with E-state index in [0.29, 0.717) is 17.7 Å². The van der Waals surface area contributed by atoms with E-state index in [1.807, 2.05) is 39.0 Å². The molecule has 1 unspecified atom stereocenters. The molecule has 0 aromatic heterocycles. The number of carbonyl (C=O) groups is 1. The second-order valence-corrected chi connectivity index (χ2v) is 9.79. The number of sulfonamides is 1. The second-order valence-electron chi connectivity index (χ2n) is 8.11. The first-order valence-electron chi connectivity index (χ1n) is 10.8. The molecule has 33 heavy (non-hydrogen) atoms. The predicted molar refractivity (Wildman–Crippen MR) is 131 cm³/mol. The number of ether oxygens (including phenoxy) is 1. The molecule has 6 nitrogen and oxygen atoms in total. The fourth-order valence-corrected chi connectivity index (χ4v) is 4.70. The van der Waals surface area contributed by atoms with Crippen molar-refractivity contribution in [2.45, 2.75) is 45.1 Å². The van der Waals surface area contributed by atoms with E-state index in [1.165, 1.54) is 0 Å². The summed E-state index contributed by atoms with van der Waals surface area (Å²) in [5.41, 5.74) is 4.42. The Morgan fingerprint density at radius 2 is 1.64 bits per heavy atom. The zero-order valence-electron chi connectivity index (χ0n) is 19.6. The van der Waals surface area contributed by atoms with Gasteiger partial charge in [0.25, 0.3) is 15.9 Å².